The summed E-state index contributed by atoms with van der Waals surface area (Å²) in [6, 6.07) is 1.85. The van der Waals surface area contributed by atoms with Crippen LogP contribution in [0.5, 0.6) is 0 Å². The van der Waals surface area contributed by atoms with Crippen LogP contribution in [0.2, 0.25) is 0 Å². The Morgan fingerprint density at radius 2 is 2.00 bits per heavy atom. The van der Waals surface area contributed by atoms with Gasteiger partial charge < -0.3 is 4.90 Å². The highest BCUT2D eigenvalue weighted by Gasteiger charge is 2.16. The minimum absolute atomic E-state index is 0.0234. The lowest BCUT2D eigenvalue weighted by molar-refractivity contribution is 0.0766. The maximum Gasteiger partial charge on any atom is 0.274 e. The summed E-state index contributed by atoms with van der Waals surface area (Å²) < 4.78 is 1.84. The van der Waals surface area contributed by atoms with E-state index in [1.807, 2.05) is 38.4 Å². The van der Waals surface area contributed by atoms with E-state index in [2.05, 4.69) is 5.10 Å². The van der Waals surface area contributed by atoms with Crippen LogP contribution < -0.4 is 0 Å². The van der Waals surface area contributed by atoms with E-state index in [0.29, 0.717) is 5.69 Å². The third-order valence-corrected chi connectivity index (χ3v) is 2.55. The highest BCUT2D eigenvalue weighted by atomic mass is 16.2. The Bertz CT molecular complexity index is 340. The van der Waals surface area contributed by atoms with Crippen LogP contribution >= 0.6 is 0 Å². The largest absolute Gasteiger partial charge is 0.338 e. The Kier molecular flexibility index (Phi) is 3.88. The fraction of sp³-hybridized carbons (Fsp3) is 0.636. The minimum Gasteiger partial charge on any atom is -0.338 e. The van der Waals surface area contributed by atoms with Crippen molar-refractivity contribution in [3.8, 4) is 0 Å². The number of aromatic nitrogens is 2. The van der Waals surface area contributed by atoms with Crippen LogP contribution in [0.3, 0.4) is 0 Å². The molecule has 4 heteroatoms. The molecule has 0 N–H and O–H groups in total. The van der Waals surface area contributed by atoms with Gasteiger partial charge in [-0.15, -0.1) is 0 Å². The molecule has 4 nitrogen and oxygen atoms in total. The van der Waals surface area contributed by atoms with Gasteiger partial charge in [0.1, 0.15) is 0 Å². The van der Waals surface area contributed by atoms with Crippen LogP contribution in [0.1, 0.15) is 37.0 Å². The molecule has 0 atom stereocenters. The summed E-state index contributed by atoms with van der Waals surface area (Å²) >= 11 is 0. The Labute approximate surface area is 90.9 Å². The summed E-state index contributed by atoms with van der Waals surface area (Å²) in [4.78, 5) is 13.7. The van der Waals surface area contributed by atoms with Crippen LogP contribution in [0.4, 0.5) is 0 Å². The number of carbonyl (C=O) groups excluding carboxylic acids is 1. The molecule has 0 fully saturated rings. The van der Waals surface area contributed by atoms with Gasteiger partial charge in [-0.1, -0.05) is 0 Å². The standard InChI is InChI=1S/C11H19N3O/c1-5-13(6-2)11(15)10-8-9(4)14(7-3)12-10/h8H,5-7H2,1-4H3. The number of aryl methyl sites for hydroxylation is 2. The number of rotatable bonds is 4. The van der Waals surface area contributed by atoms with Gasteiger partial charge in [0.05, 0.1) is 0 Å². The maximum atomic E-state index is 11.9. The first-order valence-electron chi connectivity index (χ1n) is 5.47. The molecule has 15 heavy (non-hydrogen) atoms. The molecule has 0 aliphatic rings. The first-order valence-corrected chi connectivity index (χ1v) is 5.47. The van der Waals surface area contributed by atoms with E-state index in [0.717, 1.165) is 25.3 Å². The summed E-state index contributed by atoms with van der Waals surface area (Å²) in [5, 5.41) is 4.27. The lowest BCUT2D eigenvalue weighted by Gasteiger charge is -2.16. The van der Waals surface area contributed by atoms with Crippen molar-refractivity contribution in [2.75, 3.05) is 13.1 Å². The molecule has 0 radical (unpaired) electrons. The molecule has 1 heterocycles. The van der Waals surface area contributed by atoms with Crippen molar-refractivity contribution in [3.63, 3.8) is 0 Å². The molecule has 1 aromatic rings. The predicted octanol–water partition coefficient (Wildman–Crippen LogP) is 1.69. The zero-order chi connectivity index (χ0) is 11.4. The van der Waals surface area contributed by atoms with Crippen molar-refractivity contribution in [3.05, 3.63) is 17.5 Å². The van der Waals surface area contributed by atoms with Crippen LogP contribution in [0.25, 0.3) is 0 Å². The number of nitrogens with zero attached hydrogens (tertiary/aromatic N) is 3. The van der Waals surface area contributed by atoms with E-state index in [1.165, 1.54) is 0 Å². The van der Waals surface area contributed by atoms with E-state index in [-0.39, 0.29) is 5.91 Å². The number of hydrogen-bond donors (Lipinski definition) is 0. The molecule has 0 bridgehead atoms. The lowest BCUT2D eigenvalue weighted by atomic mass is 10.3. The second-order valence-electron chi connectivity index (χ2n) is 3.46. The zero-order valence-corrected chi connectivity index (χ0v) is 9.95. The fourth-order valence-corrected chi connectivity index (χ4v) is 1.61. The minimum atomic E-state index is 0.0234. The molecule has 1 rings (SSSR count). The van der Waals surface area contributed by atoms with Crippen molar-refractivity contribution in [2.45, 2.75) is 34.2 Å². The SMILES string of the molecule is CCN(CC)C(=O)c1cc(C)n(CC)n1. The van der Waals surface area contributed by atoms with E-state index >= 15 is 0 Å². The average Bonchev–Trinajstić information content (AvgIpc) is 2.61. The van der Waals surface area contributed by atoms with E-state index in [1.54, 1.807) is 4.90 Å². The predicted molar refractivity (Wildman–Crippen MR) is 59.9 cm³/mol. The third kappa shape index (κ3) is 2.37. The van der Waals surface area contributed by atoms with Gasteiger partial charge in [0, 0.05) is 25.3 Å². The van der Waals surface area contributed by atoms with Crippen molar-refractivity contribution in [2.24, 2.45) is 0 Å². The van der Waals surface area contributed by atoms with Crippen molar-refractivity contribution < 1.29 is 4.79 Å². The van der Waals surface area contributed by atoms with Crippen LogP contribution in [0.15, 0.2) is 6.07 Å². The Balaban J connectivity index is 2.90. The second-order valence-corrected chi connectivity index (χ2v) is 3.46. The Morgan fingerprint density at radius 3 is 2.40 bits per heavy atom. The topological polar surface area (TPSA) is 38.1 Å². The molecule has 0 spiro atoms. The van der Waals surface area contributed by atoms with Crippen LogP contribution in [0, 0.1) is 6.92 Å². The van der Waals surface area contributed by atoms with Crippen LogP contribution in [-0.2, 0) is 6.54 Å². The third-order valence-electron chi connectivity index (χ3n) is 2.55. The summed E-state index contributed by atoms with van der Waals surface area (Å²) in [7, 11) is 0. The number of hydrogen-bond acceptors (Lipinski definition) is 2. The highest BCUT2D eigenvalue weighted by Crippen LogP contribution is 2.06. The van der Waals surface area contributed by atoms with Gasteiger partial charge in [-0.3, -0.25) is 9.48 Å². The Morgan fingerprint density at radius 1 is 1.40 bits per heavy atom. The van der Waals surface area contributed by atoms with Gasteiger partial charge >= 0.3 is 0 Å². The molecule has 0 aromatic carbocycles. The number of carbonyl (C=O) groups is 1. The highest BCUT2D eigenvalue weighted by molar-refractivity contribution is 5.92. The van der Waals surface area contributed by atoms with E-state index in [4.69, 9.17) is 0 Å². The van der Waals surface area contributed by atoms with Gasteiger partial charge in [-0.05, 0) is 33.8 Å². The summed E-state index contributed by atoms with van der Waals surface area (Å²) in [5.74, 6) is 0.0234. The van der Waals surface area contributed by atoms with Crippen molar-refractivity contribution in [1.29, 1.82) is 0 Å². The van der Waals surface area contributed by atoms with Gasteiger partial charge in [0.15, 0.2) is 5.69 Å². The smallest absolute Gasteiger partial charge is 0.274 e. The van der Waals surface area contributed by atoms with Crippen molar-refractivity contribution in [1.82, 2.24) is 14.7 Å². The van der Waals surface area contributed by atoms with Crippen LogP contribution in [-0.4, -0.2) is 33.7 Å². The molecule has 1 aromatic heterocycles. The maximum absolute atomic E-state index is 11.9. The second kappa shape index (κ2) is 4.96. The average molecular weight is 209 g/mol. The summed E-state index contributed by atoms with van der Waals surface area (Å²) in [6.45, 7) is 10.2. The molecule has 0 aliphatic carbocycles. The first-order chi connectivity index (χ1) is 7.13. The fourth-order valence-electron chi connectivity index (χ4n) is 1.61. The van der Waals surface area contributed by atoms with E-state index < -0.39 is 0 Å². The quantitative estimate of drug-likeness (QED) is 0.757. The van der Waals surface area contributed by atoms with E-state index in [9.17, 15) is 4.79 Å². The zero-order valence-electron chi connectivity index (χ0n) is 9.95. The molecule has 0 saturated carbocycles. The molecule has 84 valence electrons. The molecular weight excluding hydrogens is 190 g/mol. The number of amides is 1. The molecule has 0 aliphatic heterocycles. The molecule has 0 unspecified atom stereocenters. The first kappa shape index (κ1) is 11.8. The Hall–Kier alpha value is -1.32. The lowest BCUT2D eigenvalue weighted by Crippen LogP contribution is -2.30. The molecular formula is C11H19N3O. The van der Waals surface area contributed by atoms with Gasteiger partial charge in [0.25, 0.3) is 5.91 Å². The molecule has 1 amide bonds. The van der Waals surface area contributed by atoms with Crippen molar-refractivity contribution >= 4 is 5.91 Å². The normalized spacial score (nSPS) is 10.4. The van der Waals surface area contributed by atoms with Gasteiger partial charge in [-0.25, -0.2) is 0 Å². The van der Waals surface area contributed by atoms with Gasteiger partial charge in [0.2, 0.25) is 0 Å². The monoisotopic (exact) mass is 209 g/mol. The summed E-state index contributed by atoms with van der Waals surface area (Å²) in [5.41, 5.74) is 1.59. The summed E-state index contributed by atoms with van der Waals surface area (Å²) in [6.07, 6.45) is 0. The van der Waals surface area contributed by atoms with Gasteiger partial charge in [-0.2, -0.15) is 5.10 Å². The molecule has 0 saturated heterocycles.